The lowest BCUT2D eigenvalue weighted by molar-refractivity contribution is -0.117. The van der Waals surface area contributed by atoms with Crippen LogP contribution in [0.2, 0.25) is 0 Å². The summed E-state index contributed by atoms with van der Waals surface area (Å²) in [6, 6.07) is 16.8. The molecule has 1 unspecified atom stereocenters. The maximum absolute atomic E-state index is 12.3. The Morgan fingerprint density at radius 2 is 1.88 bits per heavy atom. The predicted octanol–water partition coefficient (Wildman–Crippen LogP) is 3.54. The molecular weight excluding hydrogens is 316 g/mol. The third-order valence-electron chi connectivity index (χ3n) is 4.58. The highest BCUT2D eigenvalue weighted by Gasteiger charge is 2.33. The normalized spacial score (nSPS) is 22.5. The molecule has 0 spiro atoms. The van der Waals surface area contributed by atoms with Crippen LogP contribution >= 0.6 is 11.8 Å². The van der Waals surface area contributed by atoms with Gasteiger partial charge in [-0.25, -0.2) is 0 Å². The number of carbonyl (C=O) groups is 1. The number of amides is 1. The zero-order valence-corrected chi connectivity index (χ0v) is 14.5. The number of benzene rings is 2. The zero-order valence-electron chi connectivity index (χ0n) is 13.7. The summed E-state index contributed by atoms with van der Waals surface area (Å²) in [6.07, 6.45) is 3.03. The molecule has 122 valence electrons. The Labute approximate surface area is 146 Å². The number of fused-ring (bicyclic) bond motifs is 1. The van der Waals surface area contributed by atoms with Gasteiger partial charge in [-0.15, -0.1) is 0 Å². The molecule has 0 bridgehead atoms. The summed E-state index contributed by atoms with van der Waals surface area (Å²) in [6.45, 7) is 3.94. The smallest absolute Gasteiger partial charge is 0.259 e. The first-order valence-corrected chi connectivity index (χ1v) is 9.14. The van der Waals surface area contributed by atoms with Gasteiger partial charge in [-0.3, -0.25) is 9.69 Å². The summed E-state index contributed by atoms with van der Waals surface area (Å²) in [5, 5.41) is 3.12. The molecule has 1 fully saturated rings. The molecule has 0 radical (unpaired) electrons. The van der Waals surface area contributed by atoms with Crippen molar-refractivity contribution in [2.24, 2.45) is 0 Å². The van der Waals surface area contributed by atoms with E-state index in [0.717, 1.165) is 30.0 Å². The van der Waals surface area contributed by atoms with Crippen LogP contribution in [-0.4, -0.2) is 22.8 Å². The van der Waals surface area contributed by atoms with Gasteiger partial charge in [0.2, 0.25) is 0 Å². The van der Waals surface area contributed by atoms with Gasteiger partial charge in [-0.05, 0) is 36.1 Å². The molecule has 2 aliphatic heterocycles. The average Bonchev–Trinajstić information content (AvgIpc) is 2.97. The van der Waals surface area contributed by atoms with E-state index in [1.807, 2.05) is 6.08 Å². The fourth-order valence-corrected chi connectivity index (χ4v) is 4.29. The summed E-state index contributed by atoms with van der Waals surface area (Å²) in [4.78, 5) is 15.5. The highest BCUT2D eigenvalue weighted by molar-refractivity contribution is 8.05. The predicted molar refractivity (Wildman–Crippen MR) is 99.2 cm³/mol. The van der Waals surface area contributed by atoms with Gasteiger partial charge >= 0.3 is 0 Å². The maximum atomic E-state index is 12.3. The number of rotatable bonds is 2. The van der Waals surface area contributed by atoms with Crippen LogP contribution < -0.4 is 5.32 Å². The van der Waals surface area contributed by atoms with E-state index >= 15 is 0 Å². The number of hydrogen-bond acceptors (Lipinski definition) is 3. The monoisotopic (exact) mass is 336 g/mol. The fourth-order valence-electron chi connectivity index (χ4n) is 3.18. The second-order valence-electron chi connectivity index (χ2n) is 6.35. The minimum Gasteiger partial charge on any atom is -0.327 e. The molecule has 2 aromatic carbocycles. The molecule has 3 nitrogen and oxygen atoms in total. The SMILES string of the molecule is Cc1ccc(/C=C2\SC(N3CCc4ccccc4C3)NC2=O)cc1. The van der Waals surface area contributed by atoms with E-state index in [4.69, 9.17) is 0 Å². The Kier molecular flexibility index (Phi) is 4.17. The zero-order chi connectivity index (χ0) is 16.5. The second-order valence-corrected chi connectivity index (χ2v) is 7.47. The highest BCUT2D eigenvalue weighted by atomic mass is 32.2. The molecule has 2 aliphatic rings. The lowest BCUT2D eigenvalue weighted by atomic mass is 10.0. The van der Waals surface area contributed by atoms with Crippen molar-refractivity contribution in [3.05, 3.63) is 75.7 Å². The first-order chi connectivity index (χ1) is 11.7. The van der Waals surface area contributed by atoms with Crippen molar-refractivity contribution < 1.29 is 4.79 Å². The van der Waals surface area contributed by atoms with Gasteiger partial charge in [0.15, 0.2) is 0 Å². The van der Waals surface area contributed by atoms with Crippen LogP contribution in [0.25, 0.3) is 6.08 Å². The topological polar surface area (TPSA) is 32.3 Å². The molecule has 0 saturated carbocycles. The lowest BCUT2D eigenvalue weighted by Gasteiger charge is -2.32. The van der Waals surface area contributed by atoms with Gasteiger partial charge in [-0.1, -0.05) is 65.9 Å². The Bertz CT molecular complexity index is 798. The summed E-state index contributed by atoms with van der Waals surface area (Å²) >= 11 is 1.63. The van der Waals surface area contributed by atoms with Crippen LogP contribution in [0.1, 0.15) is 22.3 Å². The summed E-state index contributed by atoms with van der Waals surface area (Å²) in [7, 11) is 0. The number of carbonyl (C=O) groups excluding carboxylic acids is 1. The molecule has 1 amide bonds. The number of hydrogen-bond donors (Lipinski definition) is 1. The quantitative estimate of drug-likeness (QED) is 0.852. The van der Waals surface area contributed by atoms with E-state index in [1.54, 1.807) is 11.8 Å². The van der Waals surface area contributed by atoms with Gasteiger partial charge in [0.05, 0.1) is 4.91 Å². The van der Waals surface area contributed by atoms with Gasteiger partial charge in [0, 0.05) is 13.1 Å². The number of nitrogens with zero attached hydrogens (tertiary/aromatic N) is 1. The second kappa shape index (κ2) is 6.46. The van der Waals surface area contributed by atoms with Gasteiger partial charge in [0.1, 0.15) is 5.50 Å². The molecular formula is C20H20N2OS. The van der Waals surface area contributed by atoms with Crippen LogP contribution in [-0.2, 0) is 17.8 Å². The van der Waals surface area contributed by atoms with Crippen molar-refractivity contribution in [1.82, 2.24) is 10.2 Å². The highest BCUT2D eigenvalue weighted by Crippen LogP contribution is 2.33. The Morgan fingerprint density at radius 1 is 1.12 bits per heavy atom. The van der Waals surface area contributed by atoms with E-state index in [9.17, 15) is 4.79 Å². The minimum absolute atomic E-state index is 0.0301. The third kappa shape index (κ3) is 3.12. The van der Waals surface area contributed by atoms with Crippen molar-refractivity contribution in [1.29, 1.82) is 0 Å². The van der Waals surface area contributed by atoms with Crippen LogP contribution in [0.3, 0.4) is 0 Å². The summed E-state index contributed by atoms with van der Waals surface area (Å²) in [5.74, 6) is 0.0319. The molecule has 2 aromatic rings. The molecule has 1 N–H and O–H groups in total. The summed E-state index contributed by atoms with van der Waals surface area (Å²) in [5.41, 5.74) is 5.13. The van der Waals surface area contributed by atoms with Gasteiger partial charge in [-0.2, -0.15) is 0 Å². The fraction of sp³-hybridized carbons (Fsp3) is 0.250. The van der Waals surface area contributed by atoms with Gasteiger partial charge < -0.3 is 5.32 Å². The number of nitrogens with one attached hydrogen (secondary N) is 1. The van der Waals surface area contributed by atoms with Gasteiger partial charge in [0.25, 0.3) is 5.91 Å². The molecule has 2 heterocycles. The standard InChI is InChI=1S/C20H20N2OS/c1-14-6-8-15(9-7-14)12-18-19(23)21-20(24-18)22-11-10-16-4-2-3-5-17(16)13-22/h2-9,12,20H,10-11,13H2,1H3,(H,21,23)/b18-12-. The molecule has 1 atom stereocenters. The Morgan fingerprint density at radius 3 is 2.67 bits per heavy atom. The number of thioether (sulfide) groups is 1. The largest absolute Gasteiger partial charge is 0.327 e. The molecule has 1 saturated heterocycles. The first-order valence-electron chi connectivity index (χ1n) is 8.26. The Hall–Kier alpha value is -2.04. The van der Waals surface area contributed by atoms with Crippen LogP contribution in [0.5, 0.6) is 0 Å². The average molecular weight is 336 g/mol. The minimum atomic E-state index is 0.0301. The maximum Gasteiger partial charge on any atom is 0.259 e. The molecule has 4 rings (SSSR count). The Balaban J connectivity index is 1.49. The van der Waals surface area contributed by atoms with Crippen molar-refractivity contribution in [2.75, 3.05) is 6.54 Å². The molecule has 24 heavy (non-hydrogen) atoms. The van der Waals surface area contributed by atoms with Crippen LogP contribution in [0.15, 0.2) is 53.4 Å². The van der Waals surface area contributed by atoms with E-state index in [2.05, 4.69) is 65.7 Å². The van der Waals surface area contributed by atoms with E-state index in [1.165, 1.54) is 16.7 Å². The van der Waals surface area contributed by atoms with E-state index < -0.39 is 0 Å². The van der Waals surface area contributed by atoms with Crippen molar-refractivity contribution in [3.63, 3.8) is 0 Å². The lowest BCUT2D eigenvalue weighted by Crippen LogP contribution is -2.44. The molecule has 0 aromatic heterocycles. The molecule has 0 aliphatic carbocycles. The van der Waals surface area contributed by atoms with Crippen molar-refractivity contribution >= 4 is 23.7 Å². The summed E-state index contributed by atoms with van der Waals surface area (Å²) < 4.78 is 0. The van der Waals surface area contributed by atoms with Crippen molar-refractivity contribution in [3.8, 4) is 0 Å². The number of aryl methyl sites for hydroxylation is 1. The van der Waals surface area contributed by atoms with Crippen LogP contribution in [0, 0.1) is 6.92 Å². The first kappa shape index (κ1) is 15.5. The third-order valence-corrected chi connectivity index (χ3v) is 5.78. The molecule has 4 heteroatoms. The van der Waals surface area contributed by atoms with Crippen molar-refractivity contribution in [2.45, 2.75) is 25.4 Å². The van der Waals surface area contributed by atoms with Crippen LogP contribution in [0.4, 0.5) is 0 Å². The van der Waals surface area contributed by atoms with E-state index in [0.29, 0.717) is 0 Å². The van der Waals surface area contributed by atoms with E-state index in [-0.39, 0.29) is 11.4 Å².